The van der Waals surface area contributed by atoms with Crippen molar-refractivity contribution in [3.05, 3.63) is 24.4 Å². The van der Waals surface area contributed by atoms with Crippen LogP contribution in [0.4, 0.5) is 5.82 Å². The van der Waals surface area contributed by atoms with Gasteiger partial charge in [0.2, 0.25) is 0 Å². The van der Waals surface area contributed by atoms with E-state index in [0.29, 0.717) is 6.04 Å². The van der Waals surface area contributed by atoms with Crippen LogP contribution in [0.2, 0.25) is 0 Å². The Labute approximate surface area is 79.4 Å². The maximum Gasteiger partial charge on any atom is 0.272 e. The highest BCUT2D eigenvalue weighted by Gasteiger charge is 2.16. The molecule has 1 heterocycles. The Hall–Kier alpha value is -1.05. The Morgan fingerprint density at radius 1 is 1.15 bits per heavy atom. The summed E-state index contributed by atoms with van der Waals surface area (Å²) in [6, 6.07) is 6.84. The first kappa shape index (κ1) is 8.54. The minimum Gasteiger partial charge on any atom is -0.272 e. The molecule has 0 aromatic carbocycles. The van der Waals surface area contributed by atoms with Crippen LogP contribution in [-0.4, -0.2) is 6.04 Å². The molecule has 0 bridgehead atoms. The predicted octanol–water partition coefficient (Wildman–Crippen LogP) is 2.25. The van der Waals surface area contributed by atoms with Crippen molar-refractivity contribution in [3.63, 3.8) is 0 Å². The van der Waals surface area contributed by atoms with Crippen molar-refractivity contribution >= 4 is 5.82 Å². The first-order chi connectivity index (χ1) is 6.45. The zero-order valence-electron chi connectivity index (χ0n) is 7.92. The van der Waals surface area contributed by atoms with Crippen molar-refractivity contribution in [1.29, 1.82) is 0 Å². The van der Waals surface area contributed by atoms with Crippen LogP contribution < -0.4 is 10.3 Å². The van der Waals surface area contributed by atoms with E-state index in [4.69, 9.17) is 0 Å². The van der Waals surface area contributed by atoms with Gasteiger partial charge >= 0.3 is 0 Å². The topological polar surface area (TPSA) is 26.2 Å². The highest BCUT2D eigenvalue weighted by atomic mass is 15.0. The first-order valence-corrected chi connectivity index (χ1v) is 5.18. The molecule has 1 aliphatic rings. The molecule has 2 nitrogen and oxygen atoms in total. The van der Waals surface area contributed by atoms with Crippen LogP contribution in [0.25, 0.3) is 0 Å². The molecule has 70 valence electrons. The van der Waals surface area contributed by atoms with Gasteiger partial charge in [0.1, 0.15) is 0 Å². The summed E-state index contributed by atoms with van der Waals surface area (Å²) in [6.07, 6.45) is 8.78. The fourth-order valence-electron chi connectivity index (χ4n) is 1.95. The SMILES string of the molecule is c1ccc(NC2CCCCC2)[nH+]c1. The summed E-state index contributed by atoms with van der Waals surface area (Å²) < 4.78 is 0. The predicted molar refractivity (Wildman–Crippen MR) is 53.5 cm³/mol. The second kappa shape index (κ2) is 4.26. The molecule has 0 spiro atoms. The number of nitrogens with one attached hydrogen (secondary N) is 2. The third-order valence-electron chi connectivity index (χ3n) is 2.67. The van der Waals surface area contributed by atoms with Crippen LogP contribution >= 0.6 is 0 Å². The molecule has 2 N–H and O–H groups in total. The van der Waals surface area contributed by atoms with Gasteiger partial charge in [-0.05, 0) is 31.7 Å². The van der Waals surface area contributed by atoms with Crippen molar-refractivity contribution in [2.24, 2.45) is 0 Å². The first-order valence-electron chi connectivity index (χ1n) is 5.18. The molecule has 13 heavy (non-hydrogen) atoms. The van der Waals surface area contributed by atoms with Crippen LogP contribution in [0.3, 0.4) is 0 Å². The van der Waals surface area contributed by atoms with E-state index in [2.05, 4.69) is 22.4 Å². The van der Waals surface area contributed by atoms with Crippen molar-refractivity contribution in [2.45, 2.75) is 38.1 Å². The van der Waals surface area contributed by atoms with Crippen molar-refractivity contribution in [2.75, 3.05) is 5.32 Å². The number of hydrogen-bond acceptors (Lipinski definition) is 1. The Morgan fingerprint density at radius 2 is 2.00 bits per heavy atom. The summed E-state index contributed by atoms with van der Waals surface area (Å²) in [5.74, 6) is 1.15. The Balaban J connectivity index is 1.90. The van der Waals surface area contributed by atoms with Gasteiger partial charge in [0.15, 0.2) is 0 Å². The summed E-state index contributed by atoms with van der Waals surface area (Å²) >= 11 is 0. The smallest absolute Gasteiger partial charge is 0.272 e. The normalized spacial score (nSPS) is 18.5. The van der Waals surface area contributed by atoms with Gasteiger partial charge in [-0.1, -0.05) is 12.5 Å². The number of rotatable bonds is 2. The average molecular weight is 177 g/mol. The van der Waals surface area contributed by atoms with Gasteiger partial charge < -0.3 is 0 Å². The molecule has 1 aromatic rings. The molecule has 1 fully saturated rings. The number of pyridine rings is 1. The van der Waals surface area contributed by atoms with E-state index in [1.54, 1.807) is 0 Å². The maximum atomic E-state index is 3.53. The van der Waals surface area contributed by atoms with Crippen molar-refractivity contribution < 1.29 is 4.98 Å². The van der Waals surface area contributed by atoms with Crippen LogP contribution in [0.15, 0.2) is 24.4 Å². The lowest BCUT2D eigenvalue weighted by molar-refractivity contribution is -0.361. The summed E-state index contributed by atoms with van der Waals surface area (Å²) in [5, 5.41) is 3.53. The average Bonchev–Trinajstić information content (AvgIpc) is 2.21. The molecule has 0 radical (unpaired) electrons. The number of H-pyrrole nitrogens is 1. The Morgan fingerprint density at radius 3 is 2.69 bits per heavy atom. The number of aromatic nitrogens is 1. The van der Waals surface area contributed by atoms with Crippen LogP contribution in [0.5, 0.6) is 0 Å². The molecule has 0 aliphatic heterocycles. The second-order valence-corrected chi connectivity index (χ2v) is 3.76. The van der Waals surface area contributed by atoms with E-state index in [1.807, 2.05) is 12.3 Å². The minimum absolute atomic E-state index is 0.687. The molecule has 0 unspecified atom stereocenters. The van der Waals surface area contributed by atoms with E-state index < -0.39 is 0 Å². The minimum atomic E-state index is 0.687. The third-order valence-corrected chi connectivity index (χ3v) is 2.67. The fourth-order valence-corrected chi connectivity index (χ4v) is 1.95. The molecule has 2 heteroatoms. The summed E-state index contributed by atoms with van der Waals surface area (Å²) in [4.78, 5) is 3.20. The highest BCUT2D eigenvalue weighted by molar-refractivity contribution is 5.28. The zero-order valence-corrected chi connectivity index (χ0v) is 7.92. The van der Waals surface area contributed by atoms with Gasteiger partial charge in [-0.25, -0.2) is 4.98 Å². The van der Waals surface area contributed by atoms with Gasteiger partial charge in [-0.15, -0.1) is 0 Å². The number of hydrogen-bond donors (Lipinski definition) is 1. The lowest BCUT2D eigenvalue weighted by Gasteiger charge is -2.18. The molecular formula is C11H17N2+. The van der Waals surface area contributed by atoms with Gasteiger partial charge in [0.25, 0.3) is 5.82 Å². The molecule has 0 amide bonds. The zero-order chi connectivity index (χ0) is 8.93. The summed E-state index contributed by atoms with van der Waals surface area (Å²) in [5.41, 5.74) is 0. The van der Waals surface area contributed by atoms with Crippen LogP contribution in [-0.2, 0) is 0 Å². The second-order valence-electron chi connectivity index (χ2n) is 3.76. The highest BCUT2D eigenvalue weighted by Crippen LogP contribution is 2.19. The molecule has 0 atom stereocenters. The van der Waals surface area contributed by atoms with Crippen LogP contribution in [0, 0.1) is 0 Å². The Kier molecular flexibility index (Phi) is 2.80. The van der Waals surface area contributed by atoms with Crippen molar-refractivity contribution in [1.82, 2.24) is 0 Å². The van der Waals surface area contributed by atoms with Crippen molar-refractivity contribution in [3.8, 4) is 0 Å². The van der Waals surface area contributed by atoms with Gasteiger partial charge in [-0.2, -0.15) is 0 Å². The Bertz CT molecular complexity index is 240. The van der Waals surface area contributed by atoms with Crippen LogP contribution in [0.1, 0.15) is 32.1 Å². The number of anilines is 1. The summed E-state index contributed by atoms with van der Waals surface area (Å²) in [6.45, 7) is 0. The molecule has 2 rings (SSSR count). The fraction of sp³-hybridized carbons (Fsp3) is 0.545. The maximum absolute atomic E-state index is 3.53. The number of aromatic amines is 1. The van der Waals surface area contributed by atoms with E-state index in [-0.39, 0.29) is 0 Å². The van der Waals surface area contributed by atoms with E-state index >= 15 is 0 Å². The van der Waals surface area contributed by atoms with Gasteiger partial charge in [-0.3, -0.25) is 5.32 Å². The lowest BCUT2D eigenvalue weighted by Crippen LogP contribution is -2.25. The van der Waals surface area contributed by atoms with Gasteiger partial charge in [0.05, 0.1) is 12.2 Å². The molecule has 1 saturated carbocycles. The largest absolute Gasteiger partial charge is 0.272 e. The molecule has 0 saturated heterocycles. The third kappa shape index (κ3) is 2.44. The summed E-state index contributed by atoms with van der Waals surface area (Å²) in [7, 11) is 0. The van der Waals surface area contributed by atoms with Gasteiger partial charge in [0, 0.05) is 6.07 Å². The monoisotopic (exact) mass is 177 g/mol. The quantitative estimate of drug-likeness (QED) is 0.736. The van der Waals surface area contributed by atoms with E-state index in [0.717, 1.165) is 5.82 Å². The van der Waals surface area contributed by atoms with E-state index in [1.165, 1.54) is 32.1 Å². The molecular weight excluding hydrogens is 160 g/mol. The lowest BCUT2D eigenvalue weighted by atomic mass is 9.95. The van der Waals surface area contributed by atoms with E-state index in [9.17, 15) is 0 Å². The molecule has 1 aliphatic carbocycles. The standard InChI is InChI=1S/C11H16N2/c1-2-6-10(7-3-1)13-11-8-4-5-9-12-11/h4-5,8-10H,1-3,6-7H2,(H,12,13)/p+1. The molecule has 1 aromatic heterocycles.